The second-order valence-corrected chi connectivity index (χ2v) is 3.83. The van der Waals surface area contributed by atoms with Crippen LogP contribution in [0.15, 0.2) is 0 Å². The summed E-state index contributed by atoms with van der Waals surface area (Å²) >= 11 is 10.1. The van der Waals surface area contributed by atoms with E-state index in [0.717, 1.165) is 0 Å². The van der Waals surface area contributed by atoms with E-state index in [9.17, 15) is 26.3 Å². The van der Waals surface area contributed by atoms with Gasteiger partial charge in [-0.3, -0.25) is 0 Å². The molecule has 0 amide bonds. The minimum Gasteiger partial charge on any atom is -0.360 e. The minimum absolute atomic E-state index is 0.924. The van der Waals surface area contributed by atoms with Crippen LogP contribution in [0.3, 0.4) is 0 Å². The van der Waals surface area contributed by atoms with Crippen LogP contribution in [-0.4, -0.2) is 49.2 Å². The van der Waals surface area contributed by atoms with Gasteiger partial charge in [-0.2, -0.15) is 0 Å². The van der Waals surface area contributed by atoms with Crippen LogP contribution in [0.1, 0.15) is 0 Å². The van der Waals surface area contributed by atoms with Gasteiger partial charge in [0.1, 0.15) is 12.2 Å². The van der Waals surface area contributed by atoms with Crippen molar-refractivity contribution in [2.75, 3.05) is 25.1 Å². The zero-order valence-electron chi connectivity index (χ0n) is 8.42. The van der Waals surface area contributed by atoms with Crippen molar-refractivity contribution >= 4 is 23.2 Å². The highest BCUT2D eigenvalue weighted by molar-refractivity contribution is 6.18. The molecule has 9 heteroatoms. The Bertz CT molecular complexity index is 206. The summed E-state index contributed by atoms with van der Waals surface area (Å²) < 4.78 is 79.5. The number of hydrogen-bond acceptors (Lipinski definition) is 1. The molecule has 0 spiro atoms. The molecule has 0 N–H and O–H groups in total. The third kappa shape index (κ3) is 4.71. The van der Waals surface area contributed by atoms with E-state index in [-0.39, 0.29) is 0 Å². The van der Waals surface area contributed by atoms with Gasteiger partial charge >= 0.3 is 11.8 Å². The largest absolute Gasteiger partial charge is 0.360 e. The van der Waals surface area contributed by atoms with Crippen molar-refractivity contribution in [3.05, 3.63) is 0 Å². The van der Waals surface area contributed by atoms with Gasteiger partial charge in [0.2, 0.25) is 0 Å². The zero-order chi connectivity index (χ0) is 13.7. The second kappa shape index (κ2) is 6.89. The highest BCUT2D eigenvalue weighted by Crippen LogP contribution is 2.30. The Hall–Kier alpha value is 0.120. The van der Waals surface area contributed by atoms with Crippen LogP contribution in [-0.2, 0) is 4.74 Å². The molecule has 0 aliphatic carbocycles. The number of hydrogen-bond donors (Lipinski definition) is 0. The molecule has 0 fully saturated rings. The van der Waals surface area contributed by atoms with Crippen LogP contribution >= 0.6 is 23.2 Å². The smallest absolute Gasteiger partial charge is 0.302 e. The number of rotatable bonds is 8. The molecular weight excluding hydrogens is 297 g/mol. The first kappa shape index (κ1) is 17.1. The van der Waals surface area contributed by atoms with Gasteiger partial charge < -0.3 is 4.74 Å². The zero-order valence-corrected chi connectivity index (χ0v) is 9.93. The average molecular weight is 307 g/mol. The van der Waals surface area contributed by atoms with Crippen molar-refractivity contribution in [1.82, 2.24) is 0 Å². The number of alkyl halides is 8. The molecule has 0 saturated carbocycles. The fourth-order valence-corrected chi connectivity index (χ4v) is 1.46. The highest BCUT2D eigenvalue weighted by Gasteiger charge is 2.47. The summed E-state index contributed by atoms with van der Waals surface area (Å²) in [5.74, 6) is -9.91. The van der Waals surface area contributed by atoms with E-state index in [1.54, 1.807) is 0 Å². The summed E-state index contributed by atoms with van der Waals surface area (Å²) in [6, 6.07) is 0. The van der Waals surface area contributed by atoms with Crippen LogP contribution < -0.4 is 0 Å². The Kier molecular flexibility index (Phi) is 6.94. The van der Waals surface area contributed by atoms with Crippen molar-refractivity contribution in [1.29, 1.82) is 0 Å². The van der Waals surface area contributed by atoms with Crippen LogP contribution in [0.4, 0.5) is 26.3 Å². The Morgan fingerprint density at radius 2 is 1.12 bits per heavy atom. The summed E-state index contributed by atoms with van der Waals surface area (Å²) in [5, 5.41) is 0. The summed E-state index contributed by atoms with van der Waals surface area (Å²) in [4.78, 5) is 0. The predicted molar refractivity (Wildman–Crippen MR) is 51.9 cm³/mol. The molecule has 0 aromatic rings. The van der Waals surface area contributed by atoms with Gasteiger partial charge in [-0.05, 0) is 0 Å². The Balaban J connectivity index is 4.75. The van der Waals surface area contributed by atoms with E-state index in [1.165, 1.54) is 0 Å². The fraction of sp³-hybridized carbons (Fsp3) is 1.00. The van der Waals surface area contributed by atoms with E-state index < -0.39 is 49.2 Å². The Morgan fingerprint density at radius 1 is 0.824 bits per heavy atom. The number of ether oxygens (including phenoxy) is 1. The van der Waals surface area contributed by atoms with Crippen molar-refractivity contribution in [2.45, 2.75) is 24.1 Å². The summed E-state index contributed by atoms with van der Waals surface area (Å²) in [7, 11) is 0. The van der Waals surface area contributed by atoms with Crippen molar-refractivity contribution in [2.24, 2.45) is 0 Å². The molecule has 2 atom stereocenters. The molecule has 0 saturated heterocycles. The van der Waals surface area contributed by atoms with Gasteiger partial charge in [0.05, 0.1) is 11.8 Å². The molecular formula is C8H10Cl2F6O. The molecule has 0 aliphatic heterocycles. The van der Waals surface area contributed by atoms with E-state index >= 15 is 0 Å². The molecule has 0 aromatic heterocycles. The predicted octanol–water partition coefficient (Wildman–Crippen LogP) is 3.43. The minimum atomic E-state index is -4.03. The maximum atomic E-state index is 12.8. The van der Waals surface area contributed by atoms with Crippen molar-refractivity contribution < 1.29 is 31.1 Å². The van der Waals surface area contributed by atoms with Crippen LogP contribution in [0.2, 0.25) is 0 Å². The first-order valence-electron chi connectivity index (χ1n) is 4.40. The van der Waals surface area contributed by atoms with Gasteiger partial charge in [0.25, 0.3) is 0 Å². The molecule has 17 heavy (non-hydrogen) atoms. The normalized spacial score (nSPS) is 16.9. The maximum absolute atomic E-state index is 12.8. The summed E-state index contributed by atoms with van der Waals surface area (Å²) in [6.07, 6.45) is -4.59. The highest BCUT2D eigenvalue weighted by atomic mass is 35.5. The molecule has 0 unspecified atom stereocenters. The first-order valence-corrected chi connectivity index (χ1v) is 5.47. The molecule has 1 nitrogen and oxygen atoms in total. The summed E-state index contributed by atoms with van der Waals surface area (Å²) in [6.45, 7) is -4.25. The third-order valence-corrected chi connectivity index (χ3v) is 2.47. The van der Waals surface area contributed by atoms with E-state index in [0.29, 0.717) is 0 Å². The van der Waals surface area contributed by atoms with Gasteiger partial charge in [0.15, 0.2) is 13.3 Å². The molecule has 0 heterocycles. The van der Waals surface area contributed by atoms with Gasteiger partial charge in [-0.15, -0.1) is 23.2 Å². The summed E-state index contributed by atoms with van der Waals surface area (Å²) in [5.41, 5.74) is 0. The molecule has 0 rings (SSSR count). The Labute approximate surface area is 104 Å². The van der Waals surface area contributed by atoms with Crippen LogP contribution in [0.25, 0.3) is 0 Å². The lowest BCUT2D eigenvalue weighted by atomic mass is 10.2. The van der Waals surface area contributed by atoms with Crippen molar-refractivity contribution in [3.63, 3.8) is 0 Å². The van der Waals surface area contributed by atoms with E-state index in [4.69, 9.17) is 23.2 Å². The lowest BCUT2D eigenvalue weighted by molar-refractivity contribution is -0.207. The first-order chi connectivity index (χ1) is 7.75. The van der Waals surface area contributed by atoms with Crippen LogP contribution in [0.5, 0.6) is 0 Å². The SMILES string of the molecule is FCC(F)(F)[C@H](CCl)O[C@H](CCl)C(F)(F)CF. The van der Waals surface area contributed by atoms with Gasteiger partial charge in [-0.1, -0.05) is 0 Å². The lowest BCUT2D eigenvalue weighted by Gasteiger charge is -2.30. The maximum Gasteiger partial charge on any atom is 0.302 e. The van der Waals surface area contributed by atoms with Gasteiger partial charge in [0, 0.05) is 0 Å². The quantitative estimate of drug-likeness (QED) is 0.493. The Morgan fingerprint density at radius 3 is 1.29 bits per heavy atom. The van der Waals surface area contributed by atoms with Crippen LogP contribution in [0, 0.1) is 0 Å². The lowest BCUT2D eigenvalue weighted by Crippen LogP contribution is -2.48. The topological polar surface area (TPSA) is 9.23 Å². The number of halogens is 8. The molecule has 0 bridgehead atoms. The van der Waals surface area contributed by atoms with E-state index in [1.807, 2.05) is 0 Å². The monoisotopic (exact) mass is 306 g/mol. The molecule has 104 valence electrons. The van der Waals surface area contributed by atoms with E-state index in [2.05, 4.69) is 4.74 Å². The fourth-order valence-electron chi connectivity index (χ4n) is 0.868. The average Bonchev–Trinajstić information content (AvgIpc) is 2.29. The standard InChI is InChI=1S/C8H10Cl2F6O/c9-1-5(7(13,14)3-11)17-6(2-10)8(15,16)4-12/h5-6H,1-4H2/t5-,6+. The van der Waals surface area contributed by atoms with Gasteiger partial charge in [-0.25, -0.2) is 26.3 Å². The van der Waals surface area contributed by atoms with Crippen molar-refractivity contribution in [3.8, 4) is 0 Å². The molecule has 0 radical (unpaired) electrons. The second-order valence-electron chi connectivity index (χ2n) is 3.21. The molecule has 0 aromatic carbocycles. The molecule has 0 aliphatic rings. The third-order valence-electron chi connectivity index (χ3n) is 1.91.